The van der Waals surface area contributed by atoms with Gasteiger partial charge >= 0.3 is 0 Å². The number of hydrogen-bond donors (Lipinski definition) is 1. The van der Waals surface area contributed by atoms with Gasteiger partial charge in [0.1, 0.15) is 5.01 Å². The van der Waals surface area contributed by atoms with Gasteiger partial charge in [-0.25, -0.2) is 4.98 Å². The lowest BCUT2D eigenvalue weighted by Crippen LogP contribution is -2.40. The molecule has 7 heteroatoms. The number of aromatic nitrogens is 1. The zero-order valence-corrected chi connectivity index (χ0v) is 15.0. The van der Waals surface area contributed by atoms with E-state index in [1.807, 2.05) is 25.2 Å². The van der Waals surface area contributed by atoms with E-state index in [0.717, 1.165) is 46.7 Å². The van der Waals surface area contributed by atoms with Gasteiger partial charge in [0.2, 0.25) is 0 Å². The second-order valence-electron chi connectivity index (χ2n) is 5.19. The molecule has 0 saturated carbocycles. The molecule has 1 N–H and O–H groups in total. The summed E-state index contributed by atoms with van der Waals surface area (Å²) in [7, 11) is 5.14. The molecule has 0 bridgehead atoms. The Morgan fingerprint density at radius 2 is 2.09 bits per heavy atom. The van der Waals surface area contributed by atoms with Gasteiger partial charge in [-0.2, -0.15) is 0 Å². The summed E-state index contributed by atoms with van der Waals surface area (Å²) in [6.45, 7) is 1.72. The first-order chi connectivity index (χ1) is 11.2. The minimum absolute atomic E-state index is 0.719. The number of thiazole rings is 1. The van der Waals surface area contributed by atoms with Crippen molar-refractivity contribution in [1.29, 1.82) is 0 Å². The van der Waals surface area contributed by atoms with Crippen LogP contribution in [0.4, 0.5) is 0 Å². The fourth-order valence-corrected chi connectivity index (χ4v) is 3.90. The highest BCUT2D eigenvalue weighted by atomic mass is 32.1. The molecule has 5 nitrogen and oxygen atoms in total. The number of nitrogens with one attached hydrogen (secondary N) is 1. The third-order valence-electron chi connectivity index (χ3n) is 3.86. The molecule has 0 radical (unpaired) electrons. The lowest BCUT2D eigenvalue weighted by molar-refractivity contribution is 0.355. The molecule has 1 aromatic heterocycles. The van der Waals surface area contributed by atoms with Crippen LogP contribution in [0.3, 0.4) is 0 Å². The van der Waals surface area contributed by atoms with Crippen LogP contribution in [0.5, 0.6) is 11.5 Å². The summed E-state index contributed by atoms with van der Waals surface area (Å²) in [4.78, 5) is 8.25. The van der Waals surface area contributed by atoms with Crippen molar-refractivity contribution in [3.05, 3.63) is 28.8 Å². The lowest BCUT2D eigenvalue weighted by Gasteiger charge is -2.27. The standard InChI is InChI=1S/C16H19N3O2S2/c1-17-16(22)19-7-6-11-14(9-19)23-15(18-11)10-4-5-12(20-2)13(8-10)21-3/h4-5,8H,6-7,9H2,1-3H3,(H,17,22). The van der Waals surface area contributed by atoms with Gasteiger partial charge in [0.05, 0.1) is 26.5 Å². The summed E-state index contributed by atoms with van der Waals surface area (Å²) in [6, 6.07) is 5.90. The second kappa shape index (κ2) is 6.72. The van der Waals surface area contributed by atoms with Crippen LogP contribution in [0, 0.1) is 0 Å². The number of benzene rings is 1. The topological polar surface area (TPSA) is 46.6 Å². The van der Waals surface area contributed by atoms with E-state index in [-0.39, 0.29) is 0 Å². The summed E-state index contributed by atoms with van der Waals surface area (Å²) in [6.07, 6.45) is 0.918. The van der Waals surface area contributed by atoms with Gasteiger partial charge in [-0.15, -0.1) is 11.3 Å². The first kappa shape index (κ1) is 16.0. The van der Waals surface area contributed by atoms with E-state index in [0.29, 0.717) is 0 Å². The predicted molar refractivity (Wildman–Crippen MR) is 96.4 cm³/mol. The summed E-state index contributed by atoms with van der Waals surface area (Å²) in [5.41, 5.74) is 2.22. The predicted octanol–water partition coefficient (Wildman–Crippen LogP) is 2.69. The van der Waals surface area contributed by atoms with E-state index in [4.69, 9.17) is 26.7 Å². The fourth-order valence-electron chi connectivity index (χ4n) is 2.62. The minimum Gasteiger partial charge on any atom is -0.493 e. The normalized spacial score (nSPS) is 13.4. The van der Waals surface area contributed by atoms with E-state index in [1.165, 1.54) is 10.6 Å². The van der Waals surface area contributed by atoms with Gasteiger partial charge in [0.15, 0.2) is 16.6 Å². The molecule has 2 heterocycles. The summed E-state index contributed by atoms with van der Waals surface area (Å²) in [5.74, 6) is 1.44. The maximum atomic E-state index is 5.38. The number of rotatable bonds is 3. The van der Waals surface area contributed by atoms with Crippen molar-refractivity contribution in [2.24, 2.45) is 0 Å². The van der Waals surface area contributed by atoms with Crippen LogP contribution in [0.25, 0.3) is 10.6 Å². The molecule has 0 amide bonds. The maximum Gasteiger partial charge on any atom is 0.169 e. The highest BCUT2D eigenvalue weighted by molar-refractivity contribution is 7.80. The molecule has 0 saturated heterocycles. The highest BCUT2D eigenvalue weighted by Crippen LogP contribution is 2.36. The lowest BCUT2D eigenvalue weighted by atomic mass is 10.2. The van der Waals surface area contributed by atoms with Crippen LogP contribution in [0.15, 0.2) is 18.2 Å². The van der Waals surface area contributed by atoms with Crippen LogP contribution in [0.2, 0.25) is 0 Å². The zero-order chi connectivity index (χ0) is 16.4. The molecule has 122 valence electrons. The van der Waals surface area contributed by atoms with Crippen LogP contribution >= 0.6 is 23.6 Å². The van der Waals surface area contributed by atoms with Crippen LogP contribution in [-0.2, 0) is 13.0 Å². The molecule has 0 spiro atoms. The number of fused-ring (bicyclic) bond motifs is 1. The average molecular weight is 349 g/mol. The first-order valence-corrected chi connectivity index (χ1v) is 8.56. The summed E-state index contributed by atoms with van der Waals surface area (Å²) in [5, 5.41) is 4.84. The Bertz CT molecular complexity index is 730. The van der Waals surface area contributed by atoms with Gasteiger partial charge in [-0.3, -0.25) is 0 Å². The van der Waals surface area contributed by atoms with Gasteiger partial charge < -0.3 is 19.7 Å². The van der Waals surface area contributed by atoms with E-state index in [1.54, 1.807) is 25.6 Å². The number of nitrogens with zero attached hydrogens (tertiary/aromatic N) is 2. The molecule has 2 aromatic rings. The molecule has 3 rings (SSSR count). The van der Waals surface area contributed by atoms with Crippen LogP contribution in [0.1, 0.15) is 10.6 Å². The second-order valence-corrected chi connectivity index (χ2v) is 6.66. The molecular formula is C16H19N3O2S2. The molecule has 0 aliphatic carbocycles. The van der Waals surface area contributed by atoms with Gasteiger partial charge in [-0.05, 0) is 30.4 Å². The van der Waals surface area contributed by atoms with Crippen molar-refractivity contribution < 1.29 is 9.47 Å². The van der Waals surface area contributed by atoms with Crippen molar-refractivity contribution in [2.75, 3.05) is 27.8 Å². The SMILES string of the molecule is CNC(=S)N1CCc2nc(-c3ccc(OC)c(OC)c3)sc2C1. The Balaban J connectivity index is 1.89. The van der Waals surface area contributed by atoms with Gasteiger partial charge in [0, 0.05) is 30.5 Å². The van der Waals surface area contributed by atoms with E-state index in [9.17, 15) is 0 Å². The molecule has 1 aliphatic heterocycles. The Morgan fingerprint density at radius 3 is 2.78 bits per heavy atom. The monoisotopic (exact) mass is 349 g/mol. The van der Waals surface area contributed by atoms with Crippen LogP contribution in [-0.4, -0.2) is 42.8 Å². The third kappa shape index (κ3) is 3.11. The number of methoxy groups -OCH3 is 2. The van der Waals surface area contributed by atoms with E-state index in [2.05, 4.69) is 10.2 Å². The molecule has 23 heavy (non-hydrogen) atoms. The van der Waals surface area contributed by atoms with Crippen molar-refractivity contribution in [3.63, 3.8) is 0 Å². The molecule has 0 atom stereocenters. The Kier molecular flexibility index (Phi) is 4.68. The number of thiocarbonyl (C=S) groups is 1. The van der Waals surface area contributed by atoms with Gasteiger partial charge in [0.25, 0.3) is 0 Å². The smallest absolute Gasteiger partial charge is 0.169 e. The summed E-state index contributed by atoms with van der Waals surface area (Å²) >= 11 is 7.05. The molecular weight excluding hydrogens is 330 g/mol. The first-order valence-electron chi connectivity index (χ1n) is 7.34. The van der Waals surface area contributed by atoms with Crippen LogP contribution < -0.4 is 14.8 Å². The molecule has 0 fully saturated rings. The number of ether oxygens (including phenoxy) is 2. The van der Waals surface area contributed by atoms with Crippen molar-refractivity contribution in [3.8, 4) is 22.1 Å². The highest BCUT2D eigenvalue weighted by Gasteiger charge is 2.22. The largest absolute Gasteiger partial charge is 0.493 e. The number of hydrogen-bond acceptors (Lipinski definition) is 5. The Morgan fingerprint density at radius 1 is 1.30 bits per heavy atom. The molecule has 1 aliphatic rings. The van der Waals surface area contributed by atoms with Crippen molar-refractivity contribution in [2.45, 2.75) is 13.0 Å². The van der Waals surface area contributed by atoms with E-state index >= 15 is 0 Å². The molecule has 1 aromatic carbocycles. The fraction of sp³-hybridized carbons (Fsp3) is 0.375. The maximum absolute atomic E-state index is 5.38. The Hall–Kier alpha value is -1.86. The minimum atomic E-state index is 0.719. The third-order valence-corrected chi connectivity index (χ3v) is 5.46. The summed E-state index contributed by atoms with van der Waals surface area (Å²) < 4.78 is 10.7. The zero-order valence-electron chi connectivity index (χ0n) is 13.4. The quantitative estimate of drug-likeness (QED) is 0.860. The van der Waals surface area contributed by atoms with Crippen molar-refractivity contribution >= 4 is 28.7 Å². The van der Waals surface area contributed by atoms with Gasteiger partial charge in [-0.1, -0.05) is 0 Å². The molecule has 0 unspecified atom stereocenters. The Labute approximate surface area is 145 Å². The van der Waals surface area contributed by atoms with E-state index < -0.39 is 0 Å². The van der Waals surface area contributed by atoms with Crippen molar-refractivity contribution in [1.82, 2.24) is 15.2 Å². The average Bonchev–Trinajstić information content (AvgIpc) is 3.03.